The molecule has 0 atom stereocenters. The van der Waals surface area contributed by atoms with Crippen LogP contribution in [0.25, 0.3) is 10.9 Å². The van der Waals surface area contributed by atoms with Gasteiger partial charge < -0.3 is 15.8 Å². The number of anilines is 2. The average Bonchev–Trinajstić information content (AvgIpc) is 2.74. The number of nitrogens with zero attached hydrogens (tertiary/aromatic N) is 3. The number of aromatic nitrogens is 3. The van der Waals surface area contributed by atoms with Crippen molar-refractivity contribution in [2.24, 2.45) is 5.73 Å². The smallest absolute Gasteiger partial charge is 0.267 e. The maximum atomic E-state index is 11.3. The van der Waals surface area contributed by atoms with Gasteiger partial charge in [0.15, 0.2) is 0 Å². The van der Waals surface area contributed by atoms with Gasteiger partial charge >= 0.3 is 0 Å². The van der Waals surface area contributed by atoms with Crippen LogP contribution in [0.5, 0.6) is 11.5 Å². The van der Waals surface area contributed by atoms with Crippen LogP contribution in [0, 0.1) is 0 Å². The fourth-order valence-corrected chi connectivity index (χ4v) is 2.96. The van der Waals surface area contributed by atoms with Gasteiger partial charge in [0, 0.05) is 29.5 Å². The van der Waals surface area contributed by atoms with E-state index in [-0.39, 0.29) is 5.69 Å². The summed E-state index contributed by atoms with van der Waals surface area (Å²) in [7, 11) is 0. The molecule has 7 heteroatoms. The van der Waals surface area contributed by atoms with Crippen molar-refractivity contribution >= 4 is 28.4 Å². The van der Waals surface area contributed by atoms with Gasteiger partial charge in [-0.1, -0.05) is 26.0 Å². The summed E-state index contributed by atoms with van der Waals surface area (Å²) in [5, 5.41) is 4.06. The minimum atomic E-state index is -0.605. The van der Waals surface area contributed by atoms with Crippen LogP contribution in [0.2, 0.25) is 0 Å². The lowest BCUT2D eigenvalue weighted by Crippen LogP contribution is -2.12. The Kier molecular flexibility index (Phi) is 5.26. The molecule has 0 unspecified atom stereocenters. The van der Waals surface area contributed by atoms with Gasteiger partial charge in [-0.15, -0.1) is 0 Å². The summed E-state index contributed by atoms with van der Waals surface area (Å²) < 4.78 is 5.81. The number of carbonyl (C=O) groups is 1. The van der Waals surface area contributed by atoms with Crippen molar-refractivity contribution in [3.05, 3.63) is 78.2 Å². The maximum absolute atomic E-state index is 11.3. The summed E-state index contributed by atoms with van der Waals surface area (Å²) in [6, 6.07) is 16.9. The van der Waals surface area contributed by atoms with E-state index in [9.17, 15) is 4.79 Å². The number of hydrogen-bond acceptors (Lipinski definition) is 6. The molecule has 2 aromatic carbocycles. The summed E-state index contributed by atoms with van der Waals surface area (Å²) in [6.07, 6.45) is 3.21. The molecule has 0 aliphatic heterocycles. The van der Waals surface area contributed by atoms with Crippen LogP contribution in [0.15, 0.2) is 67.0 Å². The molecule has 0 aliphatic rings. The van der Waals surface area contributed by atoms with E-state index in [1.165, 1.54) is 17.8 Å². The van der Waals surface area contributed by atoms with E-state index in [0.717, 1.165) is 16.6 Å². The van der Waals surface area contributed by atoms with Crippen molar-refractivity contribution < 1.29 is 9.53 Å². The molecular formula is C23H21N5O2. The van der Waals surface area contributed by atoms with Gasteiger partial charge in [0.2, 0.25) is 5.95 Å². The molecule has 2 heterocycles. The topological polar surface area (TPSA) is 103 Å². The standard InChI is InChI=1S/C23H21N5O2/c1-14(2)15-3-5-17(6-4-15)27-23-26-13-16-11-18(7-8-20(16)28-23)30-19-9-10-25-21(12-19)22(24)29/h3-14H,1-2H3,(H2,24,29)(H,26,27,28). The summed E-state index contributed by atoms with van der Waals surface area (Å²) in [5.41, 5.74) is 8.41. The Balaban J connectivity index is 1.52. The van der Waals surface area contributed by atoms with E-state index in [1.807, 2.05) is 24.3 Å². The Labute approximate surface area is 174 Å². The second-order valence-corrected chi connectivity index (χ2v) is 7.16. The monoisotopic (exact) mass is 399 g/mol. The number of rotatable bonds is 6. The molecule has 150 valence electrons. The number of benzene rings is 2. The Morgan fingerprint density at radius 1 is 1.00 bits per heavy atom. The molecule has 7 nitrogen and oxygen atoms in total. The summed E-state index contributed by atoms with van der Waals surface area (Å²) in [6.45, 7) is 4.33. The van der Waals surface area contributed by atoms with Crippen molar-refractivity contribution in [1.82, 2.24) is 15.0 Å². The summed E-state index contributed by atoms with van der Waals surface area (Å²) >= 11 is 0. The van der Waals surface area contributed by atoms with E-state index >= 15 is 0 Å². The van der Waals surface area contributed by atoms with Crippen LogP contribution >= 0.6 is 0 Å². The molecule has 0 saturated heterocycles. The SMILES string of the molecule is CC(C)c1ccc(Nc2ncc3cc(Oc4ccnc(C(N)=O)c4)ccc3n2)cc1. The third kappa shape index (κ3) is 4.35. The highest BCUT2D eigenvalue weighted by Gasteiger charge is 2.07. The summed E-state index contributed by atoms with van der Waals surface area (Å²) in [4.78, 5) is 24.1. The van der Waals surface area contributed by atoms with Crippen molar-refractivity contribution in [3.63, 3.8) is 0 Å². The maximum Gasteiger partial charge on any atom is 0.267 e. The zero-order valence-electron chi connectivity index (χ0n) is 16.7. The van der Waals surface area contributed by atoms with Crippen molar-refractivity contribution in [1.29, 1.82) is 0 Å². The molecule has 2 aromatic heterocycles. The van der Waals surface area contributed by atoms with Gasteiger partial charge in [-0.25, -0.2) is 9.97 Å². The van der Waals surface area contributed by atoms with Crippen LogP contribution in [0.1, 0.15) is 35.8 Å². The van der Waals surface area contributed by atoms with Crippen molar-refractivity contribution in [2.75, 3.05) is 5.32 Å². The second-order valence-electron chi connectivity index (χ2n) is 7.16. The molecule has 0 bridgehead atoms. The van der Waals surface area contributed by atoms with Gasteiger partial charge in [-0.2, -0.15) is 0 Å². The highest BCUT2D eigenvalue weighted by Crippen LogP contribution is 2.26. The molecule has 0 aliphatic carbocycles. The molecule has 4 rings (SSSR count). The first-order chi connectivity index (χ1) is 14.5. The van der Waals surface area contributed by atoms with E-state index < -0.39 is 5.91 Å². The first-order valence-electron chi connectivity index (χ1n) is 9.55. The Morgan fingerprint density at radius 2 is 1.77 bits per heavy atom. The van der Waals surface area contributed by atoms with Crippen LogP contribution in [-0.4, -0.2) is 20.9 Å². The second kappa shape index (κ2) is 8.16. The molecule has 0 radical (unpaired) electrons. The van der Waals surface area contributed by atoms with Crippen molar-refractivity contribution in [2.45, 2.75) is 19.8 Å². The molecule has 3 N–H and O–H groups in total. The quantitative estimate of drug-likeness (QED) is 0.483. The zero-order chi connectivity index (χ0) is 21.1. The van der Waals surface area contributed by atoms with Gasteiger partial charge in [0.1, 0.15) is 17.2 Å². The number of hydrogen-bond donors (Lipinski definition) is 2. The zero-order valence-corrected chi connectivity index (χ0v) is 16.7. The first kappa shape index (κ1) is 19.3. The van der Waals surface area contributed by atoms with Crippen molar-refractivity contribution in [3.8, 4) is 11.5 Å². The van der Waals surface area contributed by atoms with Crippen LogP contribution in [0.4, 0.5) is 11.6 Å². The first-order valence-corrected chi connectivity index (χ1v) is 9.55. The number of primary amides is 1. The largest absolute Gasteiger partial charge is 0.457 e. The lowest BCUT2D eigenvalue weighted by molar-refractivity contribution is 0.0995. The number of amides is 1. The van der Waals surface area contributed by atoms with Gasteiger partial charge in [0.05, 0.1) is 5.52 Å². The van der Waals surface area contributed by atoms with E-state index in [0.29, 0.717) is 23.4 Å². The third-order valence-corrected chi connectivity index (χ3v) is 4.60. The molecule has 4 aromatic rings. The van der Waals surface area contributed by atoms with E-state index in [1.54, 1.807) is 18.3 Å². The molecule has 1 amide bonds. The number of ether oxygens (including phenoxy) is 1. The molecule has 0 spiro atoms. The third-order valence-electron chi connectivity index (χ3n) is 4.60. The summed E-state index contributed by atoms with van der Waals surface area (Å²) in [5.74, 6) is 1.47. The Morgan fingerprint density at radius 3 is 2.50 bits per heavy atom. The van der Waals surface area contributed by atoms with Gasteiger partial charge in [-0.3, -0.25) is 9.78 Å². The predicted molar refractivity (Wildman–Crippen MR) is 116 cm³/mol. The number of pyridine rings is 1. The predicted octanol–water partition coefficient (Wildman–Crippen LogP) is 4.78. The normalized spacial score (nSPS) is 10.9. The lowest BCUT2D eigenvalue weighted by atomic mass is 10.0. The number of nitrogens with one attached hydrogen (secondary N) is 1. The van der Waals surface area contributed by atoms with Crippen LogP contribution < -0.4 is 15.8 Å². The minimum absolute atomic E-state index is 0.147. The average molecular weight is 399 g/mol. The van der Waals surface area contributed by atoms with E-state index in [4.69, 9.17) is 10.5 Å². The highest BCUT2D eigenvalue weighted by atomic mass is 16.5. The minimum Gasteiger partial charge on any atom is -0.457 e. The molecular weight excluding hydrogens is 378 g/mol. The van der Waals surface area contributed by atoms with Gasteiger partial charge in [-0.05, 0) is 47.9 Å². The Bertz CT molecular complexity index is 1210. The number of carbonyl (C=O) groups excluding carboxylic acids is 1. The number of fused-ring (bicyclic) bond motifs is 1. The molecule has 0 fully saturated rings. The number of nitrogens with two attached hydrogens (primary N) is 1. The van der Waals surface area contributed by atoms with Crippen LogP contribution in [0.3, 0.4) is 0 Å². The molecule has 0 saturated carbocycles. The van der Waals surface area contributed by atoms with Crippen LogP contribution in [-0.2, 0) is 0 Å². The highest BCUT2D eigenvalue weighted by molar-refractivity contribution is 5.91. The Hall–Kier alpha value is -4.00. The lowest BCUT2D eigenvalue weighted by Gasteiger charge is -2.10. The molecule has 30 heavy (non-hydrogen) atoms. The fraction of sp³-hybridized carbons (Fsp3) is 0.130. The fourth-order valence-electron chi connectivity index (χ4n) is 2.96. The van der Waals surface area contributed by atoms with E-state index in [2.05, 4.69) is 46.2 Å². The van der Waals surface area contributed by atoms with Gasteiger partial charge in [0.25, 0.3) is 5.91 Å².